The molecule has 0 amide bonds. The van der Waals surface area contributed by atoms with Crippen LogP contribution in [0.1, 0.15) is 5.69 Å². The van der Waals surface area contributed by atoms with E-state index in [0.717, 1.165) is 11.8 Å². The zero-order chi connectivity index (χ0) is 12.4. The third-order valence-electron chi connectivity index (χ3n) is 2.38. The molecule has 0 saturated carbocycles. The van der Waals surface area contributed by atoms with E-state index in [4.69, 9.17) is 0 Å². The predicted octanol–water partition coefficient (Wildman–Crippen LogP) is 2.45. The van der Waals surface area contributed by atoms with Gasteiger partial charge in [-0.05, 0) is 6.07 Å². The Bertz CT molecular complexity index is 537. The average Bonchev–Trinajstić information content (AvgIpc) is 2.67. The van der Waals surface area contributed by atoms with Gasteiger partial charge in [-0.2, -0.15) is 5.10 Å². The first-order chi connectivity index (χ1) is 8.08. The van der Waals surface area contributed by atoms with Crippen molar-refractivity contribution in [2.24, 2.45) is 7.05 Å². The van der Waals surface area contributed by atoms with Crippen molar-refractivity contribution in [2.75, 3.05) is 5.32 Å². The van der Waals surface area contributed by atoms with Crippen molar-refractivity contribution in [3.8, 4) is 0 Å². The van der Waals surface area contributed by atoms with E-state index >= 15 is 0 Å². The number of halogens is 3. The summed E-state index contributed by atoms with van der Waals surface area (Å²) >= 11 is 0. The van der Waals surface area contributed by atoms with E-state index in [1.54, 1.807) is 24.0 Å². The molecule has 1 aromatic carbocycles. The first kappa shape index (κ1) is 11.5. The molecule has 6 heteroatoms. The van der Waals surface area contributed by atoms with Crippen molar-refractivity contribution >= 4 is 5.69 Å². The highest BCUT2D eigenvalue weighted by Gasteiger charge is 2.11. The molecule has 1 heterocycles. The van der Waals surface area contributed by atoms with Gasteiger partial charge in [0, 0.05) is 25.4 Å². The maximum atomic E-state index is 13.3. The van der Waals surface area contributed by atoms with Crippen LogP contribution in [0.3, 0.4) is 0 Å². The van der Waals surface area contributed by atoms with E-state index < -0.39 is 17.5 Å². The lowest BCUT2D eigenvalue weighted by Gasteiger charge is -2.08. The number of hydrogen-bond donors (Lipinski definition) is 1. The lowest BCUT2D eigenvalue weighted by Crippen LogP contribution is -2.07. The first-order valence-corrected chi connectivity index (χ1v) is 4.93. The van der Waals surface area contributed by atoms with Gasteiger partial charge in [0.1, 0.15) is 5.82 Å². The van der Waals surface area contributed by atoms with Gasteiger partial charge in [0.2, 0.25) is 0 Å². The van der Waals surface area contributed by atoms with Crippen molar-refractivity contribution in [2.45, 2.75) is 6.54 Å². The monoisotopic (exact) mass is 241 g/mol. The van der Waals surface area contributed by atoms with Gasteiger partial charge in [0.15, 0.2) is 11.6 Å². The summed E-state index contributed by atoms with van der Waals surface area (Å²) in [6.07, 6.45) is 1.58. The summed E-state index contributed by atoms with van der Waals surface area (Å²) in [6, 6.07) is 3.14. The van der Waals surface area contributed by atoms with Crippen molar-refractivity contribution in [3.63, 3.8) is 0 Å². The summed E-state index contributed by atoms with van der Waals surface area (Å²) in [6.45, 7) is 0.232. The minimum absolute atomic E-state index is 0.205. The topological polar surface area (TPSA) is 29.9 Å². The molecule has 2 aromatic rings. The smallest absolute Gasteiger partial charge is 0.182 e. The molecule has 0 spiro atoms. The number of benzene rings is 1. The van der Waals surface area contributed by atoms with E-state index in [-0.39, 0.29) is 12.2 Å². The molecule has 0 fully saturated rings. The van der Waals surface area contributed by atoms with Gasteiger partial charge in [-0.1, -0.05) is 0 Å². The van der Waals surface area contributed by atoms with Gasteiger partial charge >= 0.3 is 0 Å². The van der Waals surface area contributed by atoms with Crippen molar-refractivity contribution in [1.82, 2.24) is 9.78 Å². The predicted molar refractivity (Wildman–Crippen MR) is 56.9 cm³/mol. The van der Waals surface area contributed by atoms with Crippen molar-refractivity contribution in [1.29, 1.82) is 0 Å². The van der Waals surface area contributed by atoms with Gasteiger partial charge in [-0.3, -0.25) is 4.68 Å². The number of rotatable bonds is 3. The first-order valence-electron chi connectivity index (χ1n) is 4.93. The van der Waals surface area contributed by atoms with Crippen LogP contribution in [-0.2, 0) is 13.6 Å². The summed E-state index contributed by atoms with van der Waals surface area (Å²) in [5.74, 6) is -3.12. The molecule has 90 valence electrons. The molecule has 0 aliphatic carbocycles. The number of nitrogens with zero attached hydrogens (tertiary/aromatic N) is 2. The number of aryl methyl sites for hydroxylation is 1. The fourth-order valence-electron chi connectivity index (χ4n) is 1.45. The Morgan fingerprint density at radius 1 is 1.29 bits per heavy atom. The zero-order valence-electron chi connectivity index (χ0n) is 9.04. The second kappa shape index (κ2) is 4.48. The number of aromatic nitrogens is 2. The lowest BCUT2D eigenvalue weighted by atomic mass is 10.2. The summed E-state index contributed by atoms with van der Waals surface area (Å²) in [5, 5.41) is 6.54. The van der Waals surface area contributed by atoms with Crippen LogP contribution in [0.15, 0.2) is 24.4 Å². The van der Waals surface area contributed by atoms with Crippen molar-refractivity contribution < 1.29 is 13.2 Å². The van der Waals surface area contributed by atoms with Crippen LogP contribution in [0.4, 0.5) is 18.9 Å². The molecule has 0 aliphatic rings. The second-order valence-corrected chi connectivity index (χ2v) is 3.55. The SMILES string of the molecule is Cn1nccc1CNc1cc(F)cc(F)c1F. The van der Waals surface area contributed by atoms with Crippen LogP contribution in [0, 0.1) is 17.5 Å². The van der Waals surface area contributed by atoms with Crippen LogP contribution in [0.5, 0.6) is 0 Å². The zero-order valence-corrected chi connectivity index (χ0v) is 9.04. The van der Waals surface area contributed by atoms with Crippen LogP contribution in [0.2, 0.25) is 0 Å². The molecule has 0 aliphatic heterocycles. The maximum absolute atomic E-state index is 13.3. The molecule has 2 rings (SSSR count). The Morgan fingerprint density at radius 3 is 2.71 bits per heavy atom. The molecule has 0 saturated heterocycles. The Labute approximate surface area is 95.9 Å². The minimum Gasteiger partial charge on any atom is -0.377 e. The molecule has 3 nitrogen and oxygen atoms in total. The largest absolute Gasteiger partial charge is 0.377 e. The summed E-state index contributed by atoms with van der Waals surface area (Å²) in [4.78, 5) is 0. The normalized spacial score (nSPS) is 10.6. The van der Waals surface area contributed by atoms with Gasteiger partial charge < -0.3 is 5.32 Å². The molecule has 1 aromatic heterocycles. The van der Waals surface area contributed by atoms with E-state index in [9.17, 15) is 13.2 Å². The fourth-order valence-corrected chi connectivity index (χ4v) is 1.45. The van der Waals surface area contributed by atoms with Crippen LogP contribution in [0.25, 0.3) is 0 Å². The Balaban J connectivity index is 2.17. The second-order valence-electron chi connectivity index (χ2n) is 3.55. The van der Waals surface area contributed by atoms with E-state index in [0.29, 0.717) is 6.07 Å². The number of anilines is 1. The van der Waals surface area contributed by atoms with Crippen LogP contribution in [-0.4, -0.2) is 9.78 Å². The lowest BCUT2D eigenvalue weighted by molar-refractivity contribution is 0.497. The molecular formula is C11H10F3N3. The molecular weight excluding hydrogens is 231 g/mol. The highest BCUT2D eigenvalue weighted by molar-refractivity contribution is 5.45. The number of nitrogens with one attached hydrogen (secondary N) is 1. The number of hydrogen-bond acceptors (Lipinski definition) is 2. The summed E-state index contributed by atoms with van der Waals surface area (Å²) < 4.78 is 40.7. The maximum Gasteiger partial charge on any atom is 0.182 e. The minimum atomic E-state index is -1.21. The summed E-state index contributed by atoms with van der Waals surface area (Å²) in [5.41, 5.74) is 0.567. The van der Waals surface area contributed by atoms with Gasteiger partial charge in [-0.25, -0.2) is 13.2 Å². The van der Waals surface area contributed by atoms with Crippen LogP contribution < -0.4 is 5.32 Å². The average molecular weight is 241 g/mol. The molecule has 1 N–H and O–H groups in total. The van der Waals surface area contributed by atoms with Gasteiger partial charge in [-0.15, -0.1) is 0 Å². The van der Waals surface area contributed by atoms with Gasteiger partial charge in [0.25, 0.3) is 0 Å². The molecule has 0 radical (unpaired) electrons. The Hall–Kier alpha value is -1.98. The highest BCUT2D eigenvalue weighted by Crippen LogP contribution is 2.19. The Kier molecular flexibility index (Phi) is 3.03. The highest BCUT2D eigenvalue weighted by atomic mass is 19.2. The van der Waals surface area contributed by atoms with Crippen LogP contribution >= 0.6 is 0 Å². The Morgan fingerprint density at radius 2 is 2.06 bits per heavy atom. The molecule has 0 unspecified atom stereocenters. The van der Waals surface area contributed by atoms with Gasteiger partial charge in [0.05, 0.1) is 17.9 Å². The van der Waals surface area contributed by atoms with E-state index in [1.807, 2.05) is 0 Å². The summed E-state index contributed by atoms with van der Waals surface area (Å²) in [7, 11) is 1.72. The van der Waals surface area contributed by atoms with E-state index in [2.05, 4.69) is 10.4 Å². The quantitative estimate of drug-likeness (QED) is 0.836. The molecule has 17 heavy (non-hydrogen) atoms. The van der Waals surface area contributed by atoms with Crippen molar-refractivity contribution in [3.05, 3.63) is 47.5 Å². The third kappa shape index (κ3) is 2.41. The molecule has 0 bridgehead atoms. The third-order valence-corrected chi connectivity index (χ3v) is 2.38. The fraction of sp³-hybridized carbons (Fsp3) is 0.182. The van der Waals surface area contributed by atoms with E-state index in [1.165, 1.54) is 0 Å². The molecule has 0 atom stereocenters. The standard InChI is InChI=1S/C11H10F3N3/c1-17-8(2-3-16-17)6-15-10-5-7(12)4-9(13)11(10)14/h2-5,15H,6H2,1H3.